The first-order valence-electron chi connectivity index (χ1n) is 9.33. The molecule has 2 N–H and O–H groups in total. The number of phenols is 1. The lowest BCUT2D eigenvalue weighted by atomic mass is 10.1. The second-order valence-electron chi connectivity index (χ2n) is 6.62. The van der Waals surface area contributed by atoms with Crippen LogP contribution in [0.5, 0.6) is 11.5 Å². The van der Waals surface area contributed by atoms with E-state index in [1.54, 1.807) is 6.21 Å². The summed E-state index contributed by atoms with van der Waals surface area (Å²) < 4.78 is 7.31. The maximum atomic E-state index is 12.3. The van der Waals surface area contributed by atoms with Crippen molar-refractivity contribution in [2.45, 2.75) is 13.5 Å². The van der Waals surface area contributed by atoms with Crippen LogP contribution < -0.4 is 10.2 Å². The van der Waals surface area contributed by atoms with Gasteiger partial charge in [-0.3, -0.25) is 4.79 Å². The third-order valence-corrected chi connectivity index (χ3v) is 4.93. The van der Waals surface area contributed by atoms with E-state index in [9.17, 15) is 9.90 Å². The minimum Gasteiger partial charge on any atom is -0.504 e. The number of nitrogens with one attached hydrogen (secondary N) is 1. The fourth-order valence-corrected chi connectivity index (χ4v) is 3.54. The van der Waals surface area contributed by atoms with Gasteiger partial charge in [-0.1, -0.05) is 24.3 Å². The van der Waals surface area contributed by atoms with Crippen LogP contribution in [0, 0.1) is 0 Å². The Hall–Kier alpha value is -3.80. The van der Waals surface area contributed by atoms with Crippen LogP contribution in [0.25, 0.3) is 21.8 Å². The summed E-state index contributed by atoms with van der Waals surface area (Å²) >= 11 is 0. The van der Waals surface area contributed by atoms with Gasteiger partial charge in [-0.05, 0) is 48.9 Å². The van der Waals surface area contributed by atoms with Gasteiger partial charge in [-0.25, -0.2) is 5.43 Å². The highest BCUT2D eigenvalue weighted by Gasteiger charge is 2.10. The third-order valence-electron chi connectivity index (χ3n) is 4.93. The maximum absolute atomic E-state index is 12.3. The van der Waals surface area contributed by atoms with Crippen molar-refractivity contribution in [1.29, 1.82) is 0 Å². The highest BCUT2D eigenvalue weighted by atomic mass is 16.5. The maximum Gasteiger partial charge on any atom is 0.271 e. The number of aromatic hydroxyl groups is 1. The van der Waals surface area contributed by atoms with E-state index in [0.717, 1.165) is 17.5 Å². The summed E-state index contributed by atoms with van der Waals surface area (Å²) in [5.41, 5.74) is 6.12. The Labute approximate surface area is 168 Å². The first-order chi connectivity index (χ1) is 14.1. The van der Waals surface area contributed by atoms with Crippen molar-refractivity contribution in [2.24, 2.45) is 5.10 Å². The molecule has 3 aromatic carbocycles. The number of methoxy groups -OCH3 is 1. The summed E-state index contributed by atoms with van der Waals surface area (Å²) in [5.74, 6) is -0.172. The quantitative estimate of drug-likeness (QED) is 0.396. The van der Waals surface area contributed by atoms with Crippen LogP contribution >= 0.6 is 0 Å². The topological polar surface area (TPSA) is 75.9 Å². The number of rotatable bonds is 5. The van der Waals surface area contributed by atoms with Gasteiger partial charge in [0.2, 0.25) is 0 Å². The number of phenolic OH excluding ortho intramolecular Hbond substituents is 1. The van der Waals surface area contributed by atoms with Crippen LogP contribution in [0.2, 0.25) is 0 Å². The van der Waals surface area contributed by atoms with Crippen molar-refractivity contribution in [1.82, 2.24) is 9.99 Å². The standard InChI is InChI=1S/C23H21N3O3/c1-3-26-19-7-5-4-6-17(19)18-12-15(8-10-20(18)26)14-24-25-23(28)16-9-11-21(27)22(13-16)29-2/h4-14,27H,3H2,1-2H3,(H,25,28). The van der Waals surface area contributed by atoms with Crippen molar-refractivity contribution in [3.63, 3.8) is 0 Å². The zero-order chi connectivity index (χ0) is 20.4. The molecule has 1 amide bonds. The molecule has 0 saturated heterocycles. The van der Waals surface area contributed by atoms with Crippen LogP contribution in [-0.2, 0) is 6.54 Å². The van der Waals surface area contributed by atoms with Crippen LogP contribution in [0.1, 0.15) is 22.8 Å². The number of hydrazone groups is 1. The summed E-state index contributed by atoms with van der Waals surface area (Å²) in [6.45, 7) is 3.03. The molecule has 1 heterocycles. The van der Waals surface area contributed by atoms with E-state index < -0.39 is 0 Å². The van der Waals surface area contributed by atoms with Gasteiger partial charge in [-0.2, -0.15) is 5.10 Å². The molecule has 4 rings (SSSR count). The van der Waals surface area contributed by atoms with Gasteiger partial charge in [0.25, 0.3) is 5.91 Å². The number of ether oxygens (including phenoxy) is 1. The van der Waals surface area contributed by atoms with Gasteiger partial charge >= 0.3 is 0 Å². The Morgan fingerprint density at radius 1 is 1.10 bits per heavy atom. The molecule has 0 bridgehead atoms. The van der Waals surface area contributed by atoms with Gasteiger partial charge < -0.3 is 14.4 Å². The fraction of sp³-hybridized carbons (Fsp3) is 0.130. The van der Waals surface area contributed by atoms with E-state index >= 15 is 0 Å². The average molecular weight is 387 g/mol. The zero-order valence-corrected chi connectivity index (χ0v) is 16.2. The number of carbonyl (C=O) groups excluding carboxylic acids is 1. The molecule has 0 unspecified atom stereocenters. The monoisotopic (exact) mass is 387 g/mol. The number of benzene rings is 3. The van der Waals surface area contributed by atoms with E-state index in [1.165, 1.54) is 41.7 Å². The lowest BCUT2D eigenvalue weighted by Crippen LogP contribution is -2.17. The molecule has 0 spiro atoms. The number of hydrogen-bond donors (Lipinski definition) is 2. The van der Waals surface area contributed by atoms with Crippen molar-refractivity contribution >= 4 is 33.9 Å². The zero-order valence-electron chi connectivity index (χ0n) is 16.2. The van der Waals surface area contributed by atoms with Crippen LogP contribution in [0.3, 0.4) is 0 Å². The van der Waals surface area contributed by atoms with E-state index in [1.807, 2.05) is 18.2 Å². The summed E-state index contributed by atoms with van der Waals surface area (Å²) in [6, 6.07) is 18.8. The van der Waals surface area contributed by atoms with Crippen LogP contribution in [-0.4, -0.2) is 28.9 Å². The molecule has 6 heteroatoms. The molecule has 6 nitrogen and oxygen atoms in total. The molecule has 0 radical (unpaired) electrons. The van der Waals surface area contributed by atoms with E-state index in [-0.39, 0.29) is 17.4 Å². The SMILES string of the molecule is CCn1c2ccccc2c2cc(C=NNC(=O)c3ccc(O)c(OC)c3)ccc21. The highest BCUT2D eigenvalue weighted by Crippen LogP contribution is 2.29. The number of carbonyl (C=O) groups is 1. The number of amides is 1. The largest absolute Gasteiger partial charge is 0.504 e. The molecule has 29 heavy (non-hydrogen) atoms. The Morgan fingerprint density at radius 3 is 2.69 bits per heavy atom. The molecule has 4 aromatic rings. The molecule has 1 aromatic heterocycles. The molecular weight excluding hydrogens is 366 g/mol. The number of fused-ring (bicyclic) bond motifs is 3. The Morgan fingerprint density at radius 2 is 1.90 bits per heavy atom. The van der Waals surface area contributed by atoms with E-state index in [0.29, 0.717) is 5.56 Å². The molecular formula is C23H21N3O3. The van der Waals surface area contributed by atoms with Gasteiger partial charge in [-0.15, -0.1) is 0 Å². The highest BCUT2D eigenvalue weighted by molar-refractivity contribution is 6.09. The van der Waals surface area contributed by atoms with Crippen molar-refractivity contribution in [2.75, 3.05) is 7.11 Å². The molecule has 0 aliphatic rings. The number of aryl methyl sites for hydroxylation is 1. The third kappa shape index (κ3) is 3.40. The minimum absolute atomic E-state index is 0.0212. The van der Waals surface area contributed by atoms with Crippen LogP contribution in [0.15, 0.2) is 65.8 Å². The Balaban J connectivity index is 1.59. The van der Waals surface area contributed by atoms with Crippen molar-refractivity contribution < 1.29 is 14.6 Å². The molecule has 0 aliphatic heterocycles. The molecule has 0 atom stereocenters. The Bertz CT molecular complexity index is 1240. The second kappa shape index (κ2) is 7.67. The summed E-state index contributed by atoms with van der Waals surface area (Å²) in [6.07, 6.45) is 1.62. The normalized spacial score (nSPS) is 11.4. The summed E-state index contributed by atoms with van der Waals surface area (Å²) in [7, 11) is 1.43. The van der Waals surface area contributed by atoms with E-state index in [4.69, 9.17) is 4.74 Å². The lowest BCUT2D eigenvalue weighted by Gasteiger charge is -2.05. The van der Waals surface area contributed by atoms with Gasteiger partial charge in [0, 0.05) is 33.9 Å². The lowest BCUT2D eigenvalue weighted by molar-refractivity contribution is 0.0954. The predicted octanol–water partition coefficient (Wildman–Crippen LogP) is 4.29. The second-order valence-corrected chi connectivity index (χ2v) is 6.62. The van der Waals surface area contributed by atoms with Gasteiger partial charge in [0.15, 0.2) is 11.5 Å². The molecule has 146 valence electrons. The summed E-state index contributed by atoms with van der Waals surface area (Å²) in [5, 5.41) is 16.1. The number of aromatic nitrogens is 1. The van der Waals surface area contributed by atoms with Crippen molar-refractivity contribution in [3.05, 3.63) is 71.8 Å². The average Bonchev–Trinajstić information content (AvgIpc) is 3.07. The predicted molar refractivity (Wildman–Crippen MR) is 115 cm³/mol. The first-order valence-corrected chi connectivity index (χ1v) is 9.33. The molecule has 0 aliphatic carbocycles. The number of nitrogens with zero attached hydrogens (tertiary/aromatic N) is 2. The summed E-state index contributed by atoms with van der Waals surface area (Å²) in [4.78, 5) is 12.3. The smallest absolute Gasteiger partial charge is 0.271 e. The minimum atomic E-state index is -0.386. The Kier molecular flexibility index (Phi) is 4.91. The van der Waals surface area contributed by atoms with Gasteiger partial charge in [0.1, 0.15) is 0 Å². The van der Waals surface area contributed by atoms with Crippen LogP contribution in [0.4, 0.5) is 0 Å². The number of hydrogen-bond acceptors (Lipinski definition) is 4. The molecule has 0 saturated carbocycles. The van der Waals surface area contributed by atoms with Gasteiger partial charge in [0.05, 0.1) is 13.3 Å². The van der Waals surface area contributed by atoms with E-state index in [2.05, 4.69) is 46.3 Å². The van der Waals surface area contributed by atoms with Crippen molar-refractivity contribution in [3.8, 4) is 11.5 Å². The number of para-hydroxylation sites is 1. The first kappa shape index (κ1) is 18.6. The molecule has 0 fully saturated rings. The fourth-order valence-electron chi connectivity index (χ4n) is 3.54.